The zero-order chi connectivity index (χ0) is 6.85. The van der Waals surface area contributed by atoms with Crippen LogP contribution in [0.25, 0.3) is 0 Å². The molecule has 0 N–H and O–H groups in total. The highest BCUT2D eigenvalue weighted by atomic mass is 35.5. The molecule has 1 unspecified atom stereocenters. The third-order valence-corrected chi connectivity index (χ3v) is 2.09. The van der Waals surface area contributed by atoms with Gasteiger partial charge in [-0.25, -0.2) is 0 Å². The van der Waals surface area contributed by atoms with E-state index in [-0.39, 0.29) is 11.8 Å². The number of carbonyl (C=O) groups is 1. The van der Waals surface area contributed by atoms with E-state index in [1.54, 1.807) is 0 Å². The van der Waals surface area contributed by atoms with Gasteiger partial charge < -0.3 is 0 Å². The summed E-state index contributed by atoms with van der Waals surface area (Å²) in [6, 6.07) is 0. The Bertz CT molecular complexity index is 126. The van der Waals surface area contributed by atoms with Crippen molar-refractivity contribution < 1.29 is 4.79 Å². The van der Waals surface area contributed by atoms with Gasteiger partial charge in [-0.3, -0.25) is 9.21 Å². The summed E-state index contributed by atoms with van der Waals surface area (Å²) < 4.78 is 1.29. The number of nitrogens with zero attached hydrogens (tertiary/aromatic N) is 1. The molecule has 9 heavy (non-hydrogen) atoms. The molecule has 1 aliphatic rings. The highest BCUT2D eigenvalue weighted by molar-refractivity contribution is 6.22. The molecule has 0 aromatic heterocycles. The Morgan fingerprint density at radius 3 is 2.78 bits per heavy atom. The van der Waals surface area contributed by atoms with Crippen LogP contribution in [0.3, 0.4) is 0 Å². The summed E-state index contributed by atoms with van der Waals surface area (Å²) in [5, 5.41) is 0. The van der Waals surface area contributed by atoms with Crippen molar-refractivity contribution in [2.45, 2.75) is 19.8 Å². The van der Waals surface area contributed by atoms with Gasteiger partial charge in [0.05, 0.1) is 0 Å². The fourth-order valence-corrected chi connectivity index (χ4v) is 1.32. The Morgan fingerprint density at radius 2 is 2.56 bits per heavy atom. The van der Waals surface area contributed by atoms with E-state index in [0.717, 1.165) is 19.4 Å². The number of amides is 1. The van der Waals surface area contributed by atoms with Crippen molar-refractivity contribution in [3.63, 3.8) is 0 Å². The second kappa shape index (κ2) is 2.56. The van der Waals surface area contributed by atoms with Crippen molar-refractivity contribution in [1.29, 1.82) is 0 Å². The van der Waals surface area contributed by atoms with Crippen LogP contribution >= 0.6 is 11.8 Å². The molecule has 1 rings (SSSR count). The first kappa shape index (κ1) is 6.87. The summed E-state index contributed by atoms with van der Waals surface area (Å²) in [5.41, 5.74) is 0. The molecule has 1 atom stereocenters. The predicted octanol–water partition coefficient (Wildman–Crippen LogP) is 1.40. The minimum Gasteiger partial charge on any atom is -0.273 e. The molecule has 1 amide bonds. The van der Waals surface area contributed by atoms with Crippen LogP contribution in [-0.4, -0.2) is 16.9 Å². The third-order valence-electron chi connectivity index (χ3n) is 1.76. The quantitative estimate of drug-likeness (QED) is 0.514. The van der Waals surface area contributed by atoms with E-state index in [2.05, 4.69) is 0 Å². The fraction of sp³-hybridized carbons (Fsp3) is 0.833. The van der Waals surface area contributed by atoms with Crippen molar-refractivity contribution in [2.24, 2.45) is 5.92 Å². The highest BCUT2D eigenvalue weighted by Crippen LogP contribution is 2.21. The van der Waals surface area contributed by atoms with Crippen molar-refractivity contribution in [3.05, 3.63) is 0 Å². The maximum absolute atomic E-state index is 10.9. The lowest BCUT2D eigenvalue weighted by atomic mass is 10.1. The molecule has 1 heterocycles. The zero-order valence-corrected chi connectivity index (χ0v) is 6.19. The van der Waals surface area contributed by atoms with Gasteiger partial charge in [0.15, 0.2) is 0 Å². The van der Waals surface area contributed by atoms with E-state index in [9.17, 15) is 4.79 Å². The van der Waals surface area contributed by atoms with E-state index < -0.39 is 0 Å². The second-order valence-electron chi connectivity index (χ2n) is 2.32. The highest BCUT2D eigenvalue weighted by Gasteiger charge is 2.28. The average molecular weight is 148 g/mol. The molecular formula is C6H10ClNO. The zero-order valence-electron chi connectivity index (χ0n) is 5.43. The summed E-state index contributed by atoms with van der Waals surface area (Å²) in [6.07, 6.45) is 1.85. The molecule has 52 valence electrons. The minimum atomic E-state index is 0.0965. The first-order valence-corrected chi connectivity index (χ1v) is 3.56. The molecule has 0 bridgehead atoms. The molecule has 0 aromatic carbocycles. The first-order valence-electron chi connectivity index (χ1n) is 3.23. The van der Waals surface area contributed by atoms with Crippen LogP contribution in [0.15, 0.2) is 0 Å². The van der Waals surface area contributed by atoms with Crippen molar-refractivity contribution >= 4 is 17.7 Å². The van der Waals surface area contributed by atoms with Gasteiger partial charge in [0.25, 0.3) is 0 Å². The van der Waals surface area contributed by atoms with Crippen LogP contribution in [-0.2, 0) is 4.79 Å². The Kier molecular flexibility index (Phi) is 1.96. The molecule has 1 saturated heterocycles. The largest absolute Gasteiger partial charge is 0.273 e. The number of hydrogen-bond acceptors (Lipinski definition) is 1. The molecule has 1 aliphatic heterocycles. The topological polar surface area (TPSA) is 20.3 Å². The van der Waals surface area contributed by atoms with Gasteiger partial charge in [0.1, 0.15) is 0 Å². The number of rotatable bonds is 1. The van der Waals surface area contributed by atoms with Crippen LogP contribution in [0.1, 0.15) is 19.8 Å². The van der Waals surface area contributed by atoms with Gasteiger partial charge in [-0.2, -0.15) is 0 Å². The Balaban J connectivity index is 2.51. The minimum absolute atomic E-state index is 0.0965. The number of halogens is 1. The summed E-state index contributed by atoms with van der Waals surface area (Å²) in [5.74, 6) is 0.293. The lowest BCUT2D eigenvalue weighted by Crippen LogP contribution is -2.16. The Labute approximate surface area is 59.9 Å². The van der Waals surface area contributed by atoms with Crippen LogP contribution in [0.4, 0.5) is 0 Å². The van der Waals surface area contributed by atoms with Crippen LogP contribution in [0.2, 0.25) is 0 Å². The Morgan fingerprint density at radius 1 is 1.89 bits per heavy atom. The van der Waals surface area contributed by atoms with Crippen LogP contribution < -0.4 is 0 Å². The van der Waals surface area contributed by atoms with Gasteiger partial charge in [-0.1, -0.05) is 6.92 Å². The van der Waals surface area contributed by atoms with E-state index >= 15 is 0 Å². The van der Waals surface area contributed by atoms with E-state index in [1.807, 2.05) is 6.92 Å². The standard InChI is InChI=1S/C6H10ClNO/c1-2-5-3-4-8(7)6(5)9/h5H,2-4H2,1H3. The fourth-order valence-electron chi connectivity index (χ4n) is 1.08. The Hall–Kier alpha value is -0.240. The molecule has 0 aromatic rings. The van der Waals surface area contributed by atoms with Gasteiger partial charge in [-0.05, 0) is 12.8 Å². The molecular weight excluding hydrogens is 138 g/mol. The lowest BCUT2D eigenvalue weighted by molar-refractivity contribution is -0.127. The molecule has 3 heteroatoms. The summed E-state index contributed by atoms with van der Waals surface area (Å²) in [7, 11) is 0. The molecule has 0 radical (unpaired) electrons. The second-order valence-corrected chi connectivity index (χ2v) is 2.73. The van der Waals surface area contributed by atoms with E-state index in [0.29, 0.717) is 0 Å². The lowest BCUT2D eigenvalue weighted by Gasteiger charge is -2.03. The first-order chi connectivity index (χ1) is 4.25. The van der Waals surface area contributed by atoms with Crippen LogP contribution in [0, 0.1) is 5.92 Å². The molecule has 0 saturated carbocycles. The van der Waals surface area contributed by atoms with Gasteiger partial charge >= 0.3 is 0 Å². The molecule has 2 nitrogen and oxygen atoms in total. The molecule has 1 fully saturated rings. The maximum Gasteiger partial charge on any atom is 0.240 e. The monoisotopic (exact) mass is 147 g/mol. The SMILES string of the molecule is CCC1CCN(Cl)C1=O. The summed E-state index contributed by atoms with van der Waals surface area (Å²) in [6.45, 7) is 2.73. The number of hydrogen-bond donors (Lipinski definition) is 0. The van der Waals surface area contributed by atoms with Crippen molar-refractivity contribution in [2.75, 3.05) is 6.54 Å². The van der Waals surface area contributed by atoms with E-state index in [4.69, 9.17) is 11.8 Å². The van der Waals surface area contributed by atoms with Crippen LogP contribution in [0.5, 0.6) is 0 Å². The average Bonchev–Trinajstić information content (AvgIpc) is 2.15. The molecule has 0 aliphatic carbocycles. The van der Waals surface area contributed by atoms with Gasteiger partial charge in [0.2, 0.25) is 5.91 Å². The van der Waals surface area contributed by atoms with Crippen molar-refractivity contribution in [1.82, 2.24) is 4.42 Å². The van der Waals surface area contributed by atoms with Gasteiger partial charge in [0, 0.05) is 24.2 Å². The van der Waals surface area contributed by atoms with Crippen molar-refractivity contribution in [3.8, 4) is 0 Å². The maximum atomic E-state index is 10.9. The summed E-state index contributed by atoms with van der Waals surface area (Å²) >= 11 is 5.52. The normalized spacial score (nSPS) is 27.6. The molecule has 0 spiro atoms. The smallest absolute Gasteiger partial charge is 0.240 e. The third kappa shape index (κ3) is 1.18. The van der Waals surface area contributed by atoms with Gasteiger partial charge in [-0.15, -0.1) is 0 Å². The number of carbonyl (C=O) groups excluding carboxylic acids is 1. The van der Waals surface area contributed by atoms with E-state index in [1.165, 1.54) is 4.42 Å². The predicted molar refractivity (Wildman–Crippen MR) is 36.0 cm³/mol. The summed E-state index contributed by atoms with van der Waals surface area (Å²) in [4.78, 5) is 10.9.